The molecule has 0 unspecified atom stereocenters. The highest BCUT2D eigenvalue weighted by Crippen LogP contribution is 2.24. The summed E-state index contributed by atoms with van der Waals surface area (Å²) >= 11 is 0. The van der Waals surface area contributed by atoms with Gasteiger partial charge in [0.2, 0.25) is 0 Å². The molecule has 4 aromatic rings. The van der Waals surface area contributed by atoms with Crippen LogP contribution in [0, 0.1) is 27.7 Å². The van der Waals surface area contributed by atoms with Crippen molar-refractivity contribution >= 4 is 0 Å². The molecule has 0 aliphatic carbocycles. The second kappa shape index (κ2) is 11.5. The van der Waals surface area contributed by atoms with Crippen LogP contribution in [0.3, 0.4) is 0 Å². The largest absolute Gasteiger partial charge is 0.508 e. The maximum atomic E-state index is 8.63. The number of phenols is 2. The van der Waals surface area contributed by atoms with Gasteiger partial charge in [0.25, 0.3) is 0 Å². The zero-order valence-corrected chi connectivity index (χ0v) is 18.1. The van der Waals surface area contributed by atoms with Crippen LogP contribution < -0.4 is 0 Å². The Bertz CT molecular complexity index is 911. The summed E-state index contributed by atoms with van der Waals surface area (Å²) in [6, 6.07) is 30.9. The lowest BCUT2D eigenvalue weighted by Crippen LogP contribution is -1.85. The van der Waals surface area contributed by atoms with Crippen LogP contribution in [-0.2, 0) is 0 Å². The van der Waals surface area contributed by atoms with E-state index in [1.165, 1.54) is 33.4 Å². The minimum Gasteiger partial charge on any atom is -0.508 e. The number of para-hydroxylation sites is 2. The van der Waals surface area contributed by atoms with Crippen molar-refractivity contribution in [2.24, 2.45) is 0 Å². The molecule has 2 nitrogen and oxygen atoms in total. The van der Waals surface area contributed by atoms with Gasteiger partial charge in [0.1, 0.15) is 11.5 Å². The third-order valence-corrected chi connectivity index (χ3v) is 4.29. The van der Waals surface area contributed by atoms with Gasteiger partial charge in [-0.3, -0.25) is 0 Å². The van der Waals surface area contributed by atoms with E-state index in [4.69, 9.17) is 10.2 Å². The molecule has 0 bridgehead atoms. The molecular weight excluding hydrogens is 368 g/mol. The Morgan fingerprint density at radius 2 is 0.667 bits per heavy atom. The number of aromatic hydroxyl groups is 2. The van der Waals surface area contributed by atoms with Gasteiger partial charge in [0, 0.05) is 0 Å². The zero-order chi connectivity index (χ0) is 21.9. The third-order valence-electron chi connectivity index (χ3n) is 4.29. The maximum absolute atomic E-state index is 8.63. The first kappa shape index (κ1) is 22.8. The van der Waals surface area contributed by atoms with E-state index in [1.807, 2.05) is 12.1 Å². The van der Waals surface area contributed by atoms with Crippen LogP contribution in [0.5, 0.6) is 11.5 Å². The van der Waals surface area contributed by atoms with E-state index in [2.05, 4.69) is 64.1 Å². The van der Waals surface area contributed by atoms with E-state index in [0.29, 0.717) is 11.5 Å². The smallest absolute Gasteiger partial charge is 0.115 e. The molecule has 2 N–H and O–H groups in total. The summed E-state index contributed by atoms with van der Waals surface area (Å²) in [6.45, 7) is 8.61. The molecule has 30 heavy (non-hydrogen) atoms. The normalized spacial score (nSPS) is 9.60. The van der Waals surface area contributed by atoms with Crippen LogP contribution in [0.4, 0.5) is 0 Å². The third kappa shape index (κ3) is 8.24. The number of hydrogen-bond acceptors (Lipinski definition) is 2. The van der Waals surface area contributed by atoms with Crippen molar-refractivity contribution in [3.05, 3.63) is 119 Å². The molecule has 0 fully saturated rings. The lowest BCUT2D eigenvalue weighted by molar-refractivity contribution is 0.475. The maximum Gasteiger partial charge on any atom is 0.115 e. The van der Waals surface area contributed by atoms with Gasteiger partial charge in [-0.25, -0.2) is 0 Å². The molecule has 0 amide bonds. The molecule has 0 aromatic heterocycles. The molecular formula is C28H30O2. The van der Waals surface area contributed by atoms with E-state index in [0.717, 1.165) is 0 Å². The van der Waals surface area contributed by atoms with Crippen LogP contribution in [0.2, 0.25) is 0 Å². The minimum atomic E-state index is 0.322. The monoisotopic (exact) mass is 398 g/mol. The summed E-state index contributed by atoms with van der Waals surface area (Å²) < 4.78 is 0. The van der Waals surface area contributed by atoms with Crippen molar-refractivity contribution in [3.8, 4) is 22.6 Å². The SMILES string of the molecule is Cc1cc(C)cc(-c2cc(C)cc(C)c2)c1.Oc1ccccc1.Oc1ccccc1. The molecule has 154 valence electrons. The fraction of sp³-hybridized carbons (Fsp3) is 0.143. The summed E-state index contributed by atoms with van der Waals surface area (Å²) in [6.07, 6.45) is 0. The highest BCUT2D eigenvalue weighted by Gasteiger charge is 2.01. The van der Waals surface area contributed by atoms with Crippen LogP contribution in [0.1, 0.15) is 22.3 Å². The first-order valence-electron chi connectivity index (χ1n) is 9.98. The second-order valence-corrected chi connectivity index (χ2v) is 7.42. The van der Waals surface area contributed by atoms with Crippen LogP contribution in [-0.4, -0.2) is 10.2 Å². The van der Waals surface area contributed by atoms with E-state index in [1.54, 1.807) is 48.5 Å². The Labute approximate surface area is 180 Å². The van der Waals surface area contributed by atoms with Gasteiger partial charge >= 0.3 is 0 Å². The van der Waals surface area contributed by atoms with E-state index in [-0.39, 0.29) is 0 Å². The van der Waals surface area contributed by atoms with Crippen molar-refractivity contribution in [2.75, 3.05) is 0 Å². The van der Waals surface area contributed by atoms with Gasteiger partial charge < -0.3 is 10.2 Å². The molecule has 0 atom stereocenters. The van der Waals surface area contributed by atoms with Gasteiger partial charge in [-0.15, -0.1) is 0 Å². The highest BCUT2D eigenvalue weighted by atomic mass is 16.3. The Balaban J connectivity index is 0.000000188. The second-order valence-electron chi connectivity index (χ2n) is 7.42. The Morgan fingerprint density at radius 3 is 0.867 bits per heavy atom. The fourth-order valence-corrected chi connectivity index (χ4v) is 3.14. The average molecular weight is 399 g/mol. The van der Waals surface area contributed by atoms with E-state index in [9.17, 15) is 0 Å². The fourth-order valence-electron chi connectivity index (χ4n) is 3.14. The van der Waals surface area contributed by atoms with Gasteiger partial charge in [0.05, 0.1) is 0 Å². The molecule has 0 saturated carbocycles. The summed E-state index contributed by atoms with van der Waals surface area (Å²) in [7, 11) is 0. The van der Waals surface area contributed by atoms with Crippen LogP contribution in [0.15, 0.2) is 97.1 Å². The summed E-state index contributed by atoms with van der Waals surface area (Å²) in [5, 5.41) is 17.3. The van der Waals surface area contributed by atoms with Gasteiger partial charge in [-0.1, -0.05) is 95.1 Å². The minimum absolute atomic E-state index is 0.322. The van der Waals surface area contributed by atoms with E-state index < -0.39 is 0 Å². The van der Waals surface area contributed by atoms with Crippen molar-refractivity contribution in [3.63, 3.8) is 0 Å². The lowest BCUT2D eigenvalue weighted by Gasteiger charge is -2.07. The molecule has 0 spiro atoms. The number of phenolic OH excluding ortho intramolecular Hbond substituents is 2. The number of aryl methyl sites for hydroxylation is 4. The molecule has 0 radical (unpaired) electrons. The topological polar surface area (TPSA) is 40.5 Å². The summed E-state index contributed by atoms with van der Waals surface area (Å²) in [4.78, 5) is 0. The predicted molar refractivity (Wildman–Crippen MR) is 127 cm³/mol. The predicted octanol–water partition coefficient (Wildman–Crippen LogP) is 7.37. The van der Waals surface area contributed by atoms with Crippen molar-refractivity contribution in [2.45, 2.75) is 27.7 Å². The number of rotatable bonds is 1. The van der Waals surface area contributed by atoms with Crippen LogP contribution in [0.25, 0.3) is 11.1 Å². The summed E-state index contributed by atoms with van der Waals surface area (Å²) in [5.74, 6) is 0.644. The van der Waals surface area contributed by atoms with E-state index >= 15 is 0 Å². The lowest BCUT2D eigenvalue weighted by atomic mass is 9.98. The van der Waals surface area contributed by atoms with Crippen molar-refractivity contribution in [1.82, 2.24) is 0 Å². The van der Waals surface area contributed by atoms with Crippen molar-refractivity contribution in [1.29, 1.82) is 0 Å². The molecule has 4 rings (SSSR count). The first-order chi connectivity index (χ1) is 14.3. The quantitative estimate of drug-likeness (QED) is 0.351. The van der Waals surface area contributed by atoms with Gasteiger partial charge in [0.15, 0.2) is 0 Å². The molecule has 0 saturated heterocycles. The van der Waals surface area contributed by atoms with Crippen molar-refractivity contribution < 1.29 is 10.2 Å². The molecule has 4 aromatic carbocycles. The number of benzene rings is 4. The average Bonchev–Trinajstić information content (AvgIpc) is 2.69. The zero-order valence-electron chi connectivity index (χ0n) is 18.1. The standard InChI is InChI=1S/C16H18.2C6H6O/c1-11-5-12(2)8-15(7-11)16-9-13(3)6-14(4)10-16;2*7-6-4-2-1-3-5-6/h5-10H,1-4H3;2*1-5,7H. The van der Waals surface area contributed by atoms with Gasteiger partial charge in [-0.2, -0.15) is 0 Å². The Hall–Kier alpha value is -3.52. The molecule has 0 aliphatic heterocycles. The van der Waals surface area contributed by atoms with Gasteiger partial charge in [-0.05, 0) is 63.1 Å². The highest BCUT2D eigenvalue weighted by molar-refractivity contribution is 5.66. The molecule has 0 heterocycles. The van der Waals surface area contributed by atoms with Crippen LogP contribution >= 0.6 is 0 Å². The molecule has 0 aliphatic rings. The first-order valence-corrected chi connectivity index (χ1v) is 9.98. The number of hydrogen-bond donors (Lipinski definition) is 2. The Kier molecular flexibility index (Phi) is 8.71. The Morgan fingerprint density at radius 1 is 0.400 bits per heavy atom. The summed E-state index contributed by atoms with van der Waals surface area (Å²) in [5.41, 5.74) is 7.96. The molecule has 2 heteroatoms.